The van der Waals surface area contributed by atoms with Gasteiger partial charge in [0.25, 0.3) is 0 Å². The zero-order valence-electron chi connectivity index (χ0n) is 25.2. The van der Waals surface area contributed by atoms with Gasteiger partial charge in [-0.05, 0) is 30.0 Å². The number of hydrogen-bond acceptors (Lipinski definition) is 2. The van der Waals surface area contributed by atoms with E-state index in [0.717, 1.165) is 9.52 Å². The first kappa shape index (κ1) is 33.9. The zero-order chi connectivity index (χ0) is 30.5. The topological polar surface area (TPSA) is 6.48 Å². The Bertz CT molecular complexity index is 1630. The second-order valence-corrected chi connectivity index (χ2v) is 14.8. The van der Waals surface area contributed by atoms with Crippen molar-refractivity contribution in [2.24, 2.45) is 0 Å². The monoisotopic (exact) mass is 686 g/mol. The molecule has 0 aliphatic carbocycles. The fraction of sp³-hybridized carbons (Fsp3) is 0.167. The van der Waals surface area contributed by atoms with E-state index in [9.17, 15) is 0 Å². The van der Waals surface area contributed by atoms with Crippen molar-refractivity contribution in [1.29, 1.82) is 0 Å². The number of para-hydroxylation sites is 2. The molecule has 0 saturated heterocycles. The van der Waals surface area contributed by atoms with E-state index in [-0.39, 0.29) is 0 Å². The normalized spacial score (nSPS) is 9.90. The molecule has 0 bridgehead atoms. The van der Waals surface area contributed by atoms with Gasteiger partial charge in [0.15, 0.2) is 0 Å². The third-order valence-corrected chi connectivity index (χ3v) is 6.74. The maximum absolute atomic E-state index is 4.93. The molecule has 6 aromatic carbocycles. The van der Waals surface area contributed by atoms with Crippen molar-refractivity contribution in [1.82, 2.24) is 0 Å². The maximum atomic E-state index is 4.93. The molecule has 0 atom stereocenters. The van der Waals surface area contributed by atoms with Gasteiger partial charge in [-0.3, -0.25) is 0 Å². The molecule has 6 heteroatoms. The molecule has 2 radical (unpaired) electrons. The van der Waals surface area contributed by atoms with Crippen LogP contribution in [-0.2, 0) is 20.8 Å². The minimum atomic E-state index is -0.826. The van der Waals surface area contributed by atoms with Gasteiger partial charge in [-0.2, -0.15) is 12.1 Å². The van der Waals surface area contributed by atoms with E-state index in [4.69, 9.17) is 17.0 Å². The minimum absolute atomic E-state index is 0.826. The summed E-state index contributed by atoms with van der Waals surface area (Å²) in [4.78, 5) is 4.45. The van der Waals surface area contributed by atoms with Crippen LogP contribution >= 0.6 is 17.0 Å². The summed E-state index contributed by atoms with van der Waals surface area (Å²) in [5, 5.41) is 5.26. The molecule has 214 valence electrons. The Morgan fingerprint density at radius 1 is 0.595 bits per heavy atom. The van der Waals surface area contributed by atoms with Crippen molar-refractivity contribution < 1.29 is 20.8 Å². The van der Waals surface area contributed by atoms with Crippen LogP contribution in [0, 0.1) is 13.8 Å². The number of fused-ring (bicyclic) bond motifs is 2. The molecular formula is C36H38Cl2N2SiZr. The van der Waals surface area contributed by atoms with Gasteiger partial charge in [0, 0.05) is 40.7 Å². The van der Waals surface area contributed by atoms with Crippen molar-refractivity contribution in [2.75, 3.05) is 23.9 Å². The molecule has 0 aromatic heterocycles. The SMILES string of the molecule is C[Si]C.Cc1cc2c(N(C)c3ccccc3)cccc2[cH-]1.Cc1cc2cc(N(C)c3ccccc3)ccc2[cH-]1.[Cl][Zr+2][Cl]. The molecule has 0 N–H and O–H groups in total. The average molecular weight is 689 g/mol. The van der Waals surface area contributed by atoms with Gasteiger partial charge in [-0.1, -0.05) is 81.5 Å². The molecule has 6 aromatic rings. The van der Waals surface area contributed by atoms with E-state index in [1.807, 2.05) is 12.1 Å². The van der Waals surface area contributed by atoms with Crippen LogP contribution in [0.5, 0.6) is 0 Å². The van der Waals surface area contributed by atoms with Gasteiger partial charge >= 0.3 is 37.9 Å². The van der Waals surface area contributed by atoms with Gasteiger partial charge in [0.05, 0.1) is 0 Å². The quantitative estimate of drug-likeness (QED) is 0.134. The van der Waals surface area contributed by atoms with Gasteiger partial charge in [0.2, 0.25) is 0 Å². The number of hydrogen-bond donors (Lipinski definition) is 0. The van der Waals surface area contributed by atoms with Gasteiger partial charge in [-0.15, -0.1) is 63.0 Å². The van der Waals surface area contributed by atoms with E-state index < -0.39 is 20.8 Å². The average Bonchev–Trinajstić information content (AvgIpc) is 3.58. The Morgan fingerprint density at radius 3 is 1.71 bits per heavy atom. The molecule has 0 saturated carbocycles. The Morgan fingerprint density at radius 2 is 1.12 bits per heavy atom. The second-order valence-electron chi connectivity index (χ2n) is 10.0. The van der Waals surface area contributed by atoms with E-state index >= 15 is 0 Å². The van der Waals surface area contributed by atoms with Crippen molar-refractivity contribution in [3.63, 3.8) is 0 Å². The third kappa shape index (κ3) is 9.44. The van der Waals surface area contributed by atoms with Crippen molar-refractivity contribution in [2.45, 2.75) is 26.9 Å². The number of aryl methyl sites for hydroxylation is 2. The molecule has 0 amide bonds. The fourth-order valence-corrected chi connectivity index (χ4v) is 4.81. The summed E-state index contributed by atoms with van der Waals surface area (Å²) in [6, 6.07) is 42.9. The Kier molecular flexibility index (Phi) is 14.1. The first-order valence-electron chi connectivity index (χ1n) is 13.8. The van der Waals surface area contributed by atoms with Crippen LogP contribution in [0.2, 0.25) is 13.1 Å². The summed E-state index contributed by atoms with van der Waals surface area (Å²) in [6.45, 7) is 8.59. The summed E-state index contributed by atoms with van der Waals surface area (Å²) >= 11 is -0.826. The number of anilines is 4. The third-order valence-electron chi connectivity index (χ3n) is 6.74. The predicted molar refractivity (Wildman–Crippen MR) is 187 cm³/mol. The van der Waals surface area contributed by atoms with Crippen LogP contribution in [0.15, 0.2) is 121 Å². The molecule has 6 rings (SSSR count). The summed E-state index contributed by atoms with van der Waals surface area (Å²) in [6.07, 6.45) is 0. The number of halogens is 2. The first-order valence-corrected chi connectivity index (χ1v) is 22.1. The van der Waals surface area contributed by atoms with E-state index in [1.54, 1.807) is 0 Å². The van der Waals surface area contributed by atoms with Crippen LogP contribution < -0.4 is 9.80 Å². The van der Waals surface area contributed by atoms with Gasteiger partial charge in [-0.25, -0.2) is 0 Å². The molecule has 2 nitrogen and oxygen atoms in total. The Balaban J connectivity index is 0.000000195. The Hall–Kier alpha value is -2.62. The van der Waals surface area contributed by atoms with Crippen LogP contribution in [-0.4, -0.2) is 23.6 Å². The van der Waals surface area contributed by atoms with Crippen molar-refractivity contribution in [3.05, 3.63) is 132 Å². The molecular weight excluding hydrogens is 651 g/mol. The summed E-state index contributed by atoms with van der Waals surface area (Å²) < 4.78 is 0. The zero-order valence-corrected chi connectivity index (χ0v) is 30.2. The molecule has 42 heavy (non-hydrogen) atoms. The number of benzene rings is 4. The molecule has 0 heterocycles. The molecule has 0 aliphatic heterocycles. The summed E-state index contributed by atoms with van der Waals surface area (Å²) in [5.41, 5.74) is 7.54. The van der Waals surface area contributed by atoms with Crippen molar-refractivity contribution in [3.8, 4) is 0 Å². The van der Waals surface area contributed by atoms with E-state index in [0.29, 0.717) is 0 Å². The van der Waals surface area contributed by atoms with Gasteiger partial charge in [0.1, 0.15) is 0 Å². The fourth-order valence-electron chi connectivity index (χ4n) is 4.81. The molecule has 0 aliphatic rings. The Labute approximate surface area is 273 Å². The number of rotatable bonds is 4. The molecule has 0 spiro atoms. The van der Waals surface area contributed by atoms with Crippen molar-refractivity contribution >= 4 is 70.8 Å². The van der Waals surface area contributed by atoms with Gasteiger partial charge < -0.3 is 9.80 Å². The van der Waals surface area contributed by atoms with E-state index in [1.165, 1.54) is 55.4 Å². The van der Waals surface area contributed by atoms with Crippen LogP contribution in [0.1, 0.15) is 11.1 Å². The summed E-state index contributed by atoms with van der Waals surface area (Å²) in [7, 11) is 15.2. The number of nitrogens with zero attached hydrogens (tertiary/aromatic N) is 2. The second kappa shape index (κ2) is 17.5. The first-order chi connectivity index (χ1) is 20.3. The predicted octanol–water partition coefficient (Wildman–Crippen LogP) is 11.4. The van der Waals surface area contributed by atoms with E-state index in [2.05, 4.69) is 160 Å². The van der Waals surface area contributed by atoms with Crippen LogP contribution in [0.3, 0.4) is 0 Å². The van der Waals surface area contributed by atoms with Crippen LogP contribution in [0.25, 0.3) is 21.5 Å². The standard InChI is InChI=1S/2C17H16N.C2H6Si.2ClH.Zr/c1-13-11-14-7-6-10-17(16(14)12-13)18(2)15-8-4-3-5-9-15;1-13-10-14-8-9-17(12-15(14)11-13)18(2)16-6-4-3-5-7-16;1-3-2;;;/h2*3-12H,1-2H3;1-2H3;2*1H;/q2*-1;;;;+4/p-2. The summed E-state index contributed by atoms with van der Waals surface area (Å²) in [5.74, 6) is 0. The molecule has 0 fully saturated rings. The van der Waals surface area contributed by atoms with Crippen LogP contribution in [0.4, 0.5) is 22.7 Å². The molecule has 0 unspecified atom stereocenters.